The van der Waals surface area contributed by atoms with E-state index in [1.165, 1.54) is 14.0 Å². The highest BCUT2D eigenvalue weighted by molar-refractivity contribution is 7.91. The van der Waals surface area contributed by atoms with Crippen LogP contribution in [0.1, 0.15) is 28.8 Å². The summed E-state index contributed by atoms with van der Waals surface area (Å²) in [5.41, 5.74) is -0.553. The van der Waals surface area contributed by atoms with Crippen LogP contribution in [0.15, 0.2) is 17.0 Å². The van der Waals surface area contributed by atoms with Crippen molar-refractivity contribution in [3.05, 3.63) is 29.1 Å². The SMILES string of the molecule is CNC(=O)CCCS(=O)(=O)c1cc(C(=O)O)cc(F)c1C. The van der Waals surface area contributed by atoms with Crippen molar-refractivity contribution in [2.45, 2.75) is 24.7 Å². The van der Waals surface area contributed by atoms with E-state index in [1.807, 2.05) is 0 Å². The molecule has 8 heteroatoms. The Morgan fingerprint density at radius 1 is 1.33 bits per heavy atom. The molecule has 0 fully saturated rings. The first-order valence-corrected chi connectivity index (χ1v) is 7.81. The van der Waals surface area contributed by atoms with Crippen LogP contribution in [0.4, 0.5) is 4.39 Å². The van der Waals surface area contributed by atoms with Crippen LogP contribution in [0.2, 0.25) is 0 Å². The van der Waals surface area contributed by atoms with Gasteiger partial charge in [-0.15, -0.1) is 0 Å². The van der Waals surface area contributed by atoms with E-state index in [9.17, 15) is 22.4 Å². The van der Waals surface area contributed by atoms with Gasteiger partial charge < -0.3 is 10.4 Å². The number of sulfone groups is 1. The molecule has 0 aliphatic heterocycles. The van der Waals surface area contributed by atoms with Gasteiger partial charge in [0.25, 0.3) is 0 Å². The van der Waals surface area contributed by atoms with E-state index in [1.54, 1.807) is 0 Å². The molecular formula is C13H16FNO5S. The summed E-state index contributed by atoms with van der Waals surface area (Å²) in [6.45, 7) is 1.27. The molecule has 6 nitrogen and oxygen atoms in total. The average molecular weight is 317 g/mol. The molecule has 116 valence electrons. The Labute approximate surface area is 121 Å². The van der Waals surface area contributed by atoms with Crippen LogP contribution < -0.4 is 5.32 Å². The highest BCUT2D eigenvalue weighted by atomic mass is 32.2. The number of carboxylic acids is 1. The van der Waals surface area contributed by atoms with E-state index < -0.39 is 27.2 Å². The van der Waals surface area contributed by atoms with E-state index in [0.717, 1.165) is 12.1 Å². The molecule has 0 bridgehead atoms. The molecule has 1 amide bonds. The van der Waals surface area contributed by atoms with Crippen molar-refractivity contribution >= 4 is 21.7 Å². The molecule has 0 aromatic heterocycles. The van der Waals surface area contributed by atoms with E-state index in [-0.39, 0.29) is 35.0 Å². The molecular weight excluding hydrogens is 301 g/mol. The van der Waals surface area contributed by atoms with Crippen molar-refractivity contribution in [2.24, 2.45) is 0 Å². The quantitative estimate of drug-likeness (QED) is 0.819. The molecule has 0 aliphatic rings. The summed E-state index contributed by atoms with van der Waals surface area (Å²) < 4.78 is 38.0. The second-order valence-corrected chi connectivity index (χ2v) is 6.56. The maximum atomic E-state index is 13.6. The second kappa shape index (κ2) is 6.66. The number of rotatable bonds is 6. The lowest BCUT2D eigenvalue weighted by atomic mass is 10.1. The lowest BCUT2D eigenvalue weighted by molar-refractivity contribution is -0.120. The van der Waals surface area contributed by atoms with Gasteiger partial charge in [-0.25, -0.2) is 17.6 Å². The molecule has 0 atom stereocenters. The number of carboxylic acid groups (broad SMARTS) is 1. The van der Waals surface area contributed by atoms with E-state index in [2.05, 4.69) is 5.32 Å². The van der Waals surface area contributed by atoms with Gasteiger partial charge in [0.15, 0.2) is 9.84 Å². The minimum Gasteiger partial charge on any atom is -0.478 e. The molecule has 21 heavy (non-hydrogen) atoms. The van der Waals surface area contributed by atoms with Gasteiger partial charge in [-0.2, -0.15) is 0 Å². The van der Waals surface area contributed by atoms with Crippen molar-refractivity contribution in [1.29, 1.82) is 0 Å². The summed E-state index contributed by atoms with van der Waals surface area (Å²) in [5.74, 6) is -2.95. The molecule has 0 saturated heterocycles. The second-order valence-electron chi connectivity index (χ2n) is 4.48. The molecule has 0 spiro atoms. The largest absolute Gasteiger partial charge is 0.478 e. The van der Waals surface area contributed by atoms with Crippen molar-refractivity contribution in [1.82, 2.24) is 5.32 Å². The number of hydrogen-bond acceptors (Lipinski definition) is 4. The third-order valence-electron chi connectivity index (χ3n) is 2.97. The third-order valence-corrected chi connectivity index (χ3v) is 4.89. The van der Waals surface area contributed by atoms with Crippen molar-refractivity contribution in [3.63, 3.8) is 0 Å². The lowest BCUT2D eigenvalue weighted by Crippen LogP contribution is -2.19. The fraction of sp³-hybridized carbons (Fsp3) is 0.385. The normalized spacial score (nSPS) is 11.2. The molecule has 0 radical (unpaired) electrons. The predicted molar refractivity (Wildman–Crippen MR) is 73.4 cm³/mol. The fourth-order valence-corrected chi connectivity index (χ4v) is 3.37. The van der Waals surface area contributed by atoms with Gasteiger partial charge >= 0.3 is 5.97 Å². The number of amides is 1. The van der Waals surface area contributed by atoms with E-state index in [0.29, 0.717) is 0 Å². The zero-order chi connectivity index (χ0) is 16.2. The minimum atomic E-state index is -3.86. The number of halogens is 1. The van der Waals surface area contributed by atoms with Crippen LogP contribution in [-0.4, -0.2) is 38.2 Å². The van der Waals surface area contributed by atoms with E-state index >= 15 is 0 Å². The molecule has 2 N–H and O–H groups in total. The van der Waals surface area contributed by atoms with Gasteiger partial charge in [0.2, 0.25) is 5.91 Å². The number of aromatic carboxylic acids is 1. The highest BCUT2D eigenvalue weighted by Crippen LogP contribution is 2.22. The van der Waals surface area contributed by atoms with Crippen LogP contribution in [-0.2, 0) is 14.6 Å². The highest BCUT2D eigenvalue weighted by Gasteiger charge is 2.22. The topological polar surface area (TPSA) is 101 Å². The van der Waals surface area contributed by atoms with Gasteiger partial charge in [-0.05, 0) is 25.5 Å². The van der Waals surface area contributed by atoms with Gasteiger partial charge in [0.05, 0.1) is 16.2 Å². The monoisotopic (exact) mass is 317 g/mol. The van der Waals surface area contributed by atoms with Crippen LogP contribution >= 0.6 is 0 Å². The fourth-order valence-electron chi connectivity index (χ4n) is 1.76. The third kappa shape index (κ3) is 4.25. The van der Waals surface area contributed by atoms with Crippen LogP contribution in [0, 0.1) is 12.7 Å². The Kier molecular flexibility index (Phi) is 5.42. The van der Waals surface area contributed by atoms with Crippen molar-refractivity contribution < 1.29 is 27.5 Å². The Balaban J connectivity index is 3.07. The number of nitrogens with one attached hydrogen (secondary N) is 1. The molecule has 1 aromatic carbocycles. The molecule has 0 heterocycles. The summed E-state index contributed by atoms with van der Waals surface area (Å²) in [7, 11) is -2.42. The average Bonchev–Trinajstić information content (AvgIpc) is 2.40. The maximum Gasteiger partial charge on any atom is 0.335 e. The van der Waals surface area contributed by atoms with Gasteiger partial charge in [0.1, 0.15) is 5.82 Å². The molecule has 0 saturated carbocycles. The van der Waals surface area contributed by atoms with Crippen LogP contribution in [0.3, 0.4) is 0 Å². The summed E-state index contributed by atoms with van der Waals surface area (Å²) in [6, 6.07) is 1.72. The van der Waals surface area contributed by atoms with E-state index in [4.69, 9.17) is 5.11 Å². The first-order valence-electron chi connectivity index (χ1n) is 6.16. The summed E-state index contributed by atoms with van der Waals surface area (Å²) in [6.07, 6.45) is 0.0935. The first kappa shape index (κ1) is 17.1. The molecule has 1 rings (SSSR count). The number of carbonyl (C=O) groups excluding carboxylic acids is 1. The molecule has 0 unspecified atom stereocenters. The Morgan fingerprint density at radius 2 is 1.95 bits per heavy atom. The van der Waals surface area contributed by atoms with Crippen LogP contribution in [0.25, 0.3) is 0 Å². The Morgan fingerprint density at radius 3 is 2.48 bits per heavy atom. The standard InChI is InChI=1S/C13H16FNO5S/c1-8-10(14)6-9(13(17)18)7-11(8)21(19,20)5-3-4-12(16)15-2/h6-7H,3-5H2,1-2H3,(H,15,16)(H,17,18). The van der Waals surface area contributed by atoms with Crippen molar-refractivity contribution in [2.75, 3.05) is 12.8 Å². The maximum absolute atomic E-state index is 13.6. The summed E-state index contributed by atoms with van der Waals surface area (Å²) >= 11 is 0. The molecule has 0 aliphatic carbocycles. The Bertz CT molecular complexity index is 669. The smallest absolute Gasteiger partial charge is 0.335 e. The molecule has 1 aromatic rings. The van der Waals surface area contributed by atoms with Crippen LogP contribution in [0.5, 0.6) is 0 Å². The lowest BCUT2D eigenvalue weighted by Gasteiger charge is -2.09. The predicted octanol–water partition coefficient (Wildman–Crippen LogP) is 1.13. The van der Waals surface area contributed by atoms with Gasteiger partial charge in [0, 0.05) is 19.0 Å². The van der Waals surface area contributed by atoms with Gasteiger partial charge in [-0.1, -0.05) is 0 Å². The minimum absolute atomic E-state index is 0.0237. The zero-order valence-corrected chi connectivity index (χ0v) is 12.5. The number of carbonyl (C=O) groups is 2. The summed E-state index contributed by atoms with van der Waals surface area (Å²) in [5, 5.41) is 11.2. The summed E-state index contributed by atoms with van der Waals surface area (Å²) in [4.78, 5) is 21.6. The Hall–Kier alpha value is -1.96. The van der Waals surface area contributed by atoms with Crippen molar-refractivity contribution in [3.8, 4) is 0 Å². The van der Waals surface area contributed by atoms with Gasteiger partial charge in [-0.3, -0.25) is 4.79 Å². The zero-order valence-electron chi connectivity index (χ0n) is 11.6. The first-order chi connectivity index (χ1) is 9.69. The number of benzene rings is 1. The number of hydrogen-bond donors (Lipinski definition) is 2.